The first kappa shape index (κ1) is 16.3. The number of hydrogen-bond donors (Lipinski definition) is 0. The van der Waals surface area contributed by atoms with E-state index in [0.717, 1.165) is 12.4 Å². The molecule has 0 amide bonds. The molecule has 0 bridgehead atoms. The normalized spacial score (nSPS) is 17.1. The minimum atomic E-state index is 0.738. The third-order valence-electron chi connectivity index (χ3n) is 4.48. The molecule has 1 aromatic rings. The Hall–Kier alpha value is -1.06. The SMILES string of the molecule is CCOc1cc(C)c(CCCN2CCN(C)CC2)c(C)c1. The van der Waals surface area contributed by atoms with Gasteiger partial charge in [-0.05, 0) is 76.0 Å². The van der Waals surface area contributed by atoms with Crippen molar-refractivity contribution in [3.8, 4) is 5.75 Å². The average molecular weight is 290 g/mol. The molecule has 1 aromatic carbocycles. The van der Waals surface area contributed by atoms with Gasteiger partial charge in [-0.2, -0.15) is 0 Å². The van der Waals surface area contributed by atoms with E-state index in [1.54, 1.807) is 0 Å². The molecular weight excluding hydrogens is 260 g/mol. The molecule has 0 aliphatic carbocycles. The highest BCUT2D eigenvalue weighted by atomic mass is 16.5. The van der Waals surface area contributed by atoms with Crippen molar-refractivity contribution in [1.29, 1.82) is 0 Å². The molecule has 0 spiro atoms. The van der Waals surface area contributed by atoms with Gasteiger partial charge < -0.3 is 14.5 Å². The third-order valence-corrected chi connectivity index (χ3v) is 4.48. The maximum Gasteiger partial charge on any atom is 0.119 e. The van der Waals surface area contributed by atoms with Crippen molar-refractivity contribution in [2.75, 3.05) is 46.4 Å². The monoisotopic (exact) mass is 290 g/mol. The van der Waals surface area contributed by atoms with Gasteiger partial charge in [0.25, 0.3) is 0 Å². The summed E-state index contributed by atoms with van der Waals surface area (Å²) in [5, 5.41) is 0. The molecule has 1 aliphatic heterocycles. The summed E-state index contributed by atoms with van der Waals surface area (Å²) < 4.78 is 5.62. The number of piperazine rings is 1. The van der Waals surface area contributed by atoms with Crippen LogP contribution in [0.5, 0.6) is 5.75 Å². The lowest BCUT2D eigenvalue weighted by Gasteiger charge is -2.32. The molecule has 21 heavy (non-hydrogen) atoms. The second-order valence-electron chi connectivity index (χ2n) is 6.22. The zero-order valence-electron chi connectivity index (χ0n) is 14.1. The number of benzene rings is 1. The molecule has 3 heteroatoms. The standard InChI is InChI=1S/C18H30N2O/c1-5-21-17-13-15(2)18(16(3)14-17)7-6-8-20-11-9-19(4)10-12-20/h13-14H,5-12H2,1-4H3. The highest BCUT2D eigenvalue weighted by Gasteiger charge is 2.13. The van der Waals surface area contributed by atoms with Crippen LogP contribution in [0.15, 0.2) is 12.1 Å². The molecule has 0 unspecified atom stereocenters. The van der Waals surface area contributed by atoms with Gasteiger partial charge in [-0.15, -0.1) is 0 Å². The summed E-state index contributed by atoms with van der Waals surface area (Å²) in [6.45, 7) is 13.3. The van der Waals surface area contributed by atoms with E-state index in [-0.39, 0.29) is 0 Å². The number of hydrogen-bond acceptors (Lipinski definition) is 3. The summed E-state index contributed by atoms with van der Waals surface area (Å²) in [5.74, 6) is 1.01. The molecule has 0 atom stereocenters. The fourth-order valence-corrected chi connectivity index (χ4v) is 3.15. The van der Waals surface area contributed by atoms with Gasteiger partial charge in [0.1, 0.15) is 5.75 Å². The number of likely N-dealkylation sites (N-methyl/N-ethyl adjacent to an activating group) is 1. The Kier molecular flexibility index (Phi) is 6.07. The van der Waals surface area contributed by atoms with Crippen LogP contribution in [0.4, 0.5) is 0 Å². The highest BCUT2D eigenvalue weighted by molar-refractivity contribution is 5.41. The Balaban J connectivity index is 1.85. The molecular formula is C18H30N2O. The van der Waals surface area contributed by atoms with Gasteiger partial charge in [-0.25, -0.2) is 0 Å². The van der Waals surface area contributed by atoms with E-state index in [4.69, 9.17) is 4.74 Å². The number of aryl methyl sites for hydroxylation is 2. The zero-order valence-corrected chi connectivity index (χ0v) is 14.1. The van der Waals surface area contributed by atoms with E-state index in [2.05, 4.69) is 42.8 Å². The highest BCUT2D eigenvalue weighted by Crippen LogP contribution is 2.23. The van der Waals surface area contributed by atoms with Gasteiger partial charge >= 0.3 is 0 Å². The summed E-state index contributed by atoms with van der Waals surface area (Å²) in [5.41, 5.74) is 4.25. The van der Waals surface area contributed by atoms with Crippen molar-refractivity contribution >= 4 is 0 Å². The van der Waals surface area contributed by atoms with Crippen LogP contribution in [0.2, 0.25) is 0 Å². The van der Waals surface area contributed by atoms with Crippen molar-refractivity contribution in [2.45, 2.75) is 33.6 Å². The topological polar surface area (TPSA) is 15.7 Å². The minimum absolute atomic E-state index is 0.738. The van der Waals surface area contributed by atoms with Crippen molar-refractivity contribution < 1.29 is 4.74 Å². The van der Waals surface area contributed by atoms with Crippen molar-refractivity contribution in [1.82, 2.24) is 9.80 Å². The molecule has 0 radical (unpaired) electrons. The Morgan fingerprint density at radius 2 is 1.67 bits per heavy atom. The smallest absolute Gasteiger partial charge is 0.119 e. The van der Waals surface area contributed by atoms with Crippen molar-refractivity contribution in [3.63, 3.8) is 0 Å². The predicted octanol–water partition coefficient (Wildman–Crippen LogP) is 2.88. The summed E-state index contributed by atoms with van der Waals surface area (Å²) in [6.07, 6.45) is 2.43. The Bertz CT molecular complexity index is 428. The molecule has 0 aromatic heterocycles. The number of rotatable bonds is 6. The van der Waals surface area contributed by atoms with E-state index >= 15 is 0 Å². The van der Waals surface area contributed by atoms with E-state index < -0.39 is 0 Å². The Morgan fingerprint density at radius 3 is 2.24 bits per heavy atom. The average Bonchev–Trinajstić information content (AvgIpc) is 2.44. The predicted molar refractivity (Wildman–Crippen MR) is 89.3 cm³/mol. The summed E-state index contributed by atoms with van der Waals surface area (Å²) in [4.78, 5) is 5.01. The molecule has 1 fully saturated rings. The lowest BCUT2D eigenvalue weighted by molar-refractivity contribution is 0.153. The molecule has 0 saturated carbocycles. The van der Waals surface area contributed by atoms with Crippen LogP contribution in [0.3, 0.4) is 0 Å². The Morgan fingerprint density at radius 1 is 1.05 bits per heavy atom. The van der Waals surface area contributed by atoms with Crippen molar-refractivity contribution in [3.05, 3.63) is 28.8 Å². The van der Waals surface area contributed by atoms with Crippen LogP contribution >= 0.6 is 0 Å². The maximum absolute atomic E-state index is 5.62. The van der Waals surface area contributed by atoms with Crippen LogP contribution in [0.1, 0.15) is 30.0 Å². The molecule has 2 rings (SSSR count). The van der Waals surface area contributed by atoms with Gasteiger partial charge in [0.15, 0.2) is 0 Å². The van der Waals surface area contributed by atoms with Crippen LogP contribution in [-0.4, -0.2) is 56.2 Å². The maximum atomic E-state index is 5.62. The lowest BCUT2D eigenvalue weighted by atomic mass is 9.98. The van der Waals surface area contributed by atoms with Gasteiger partial charge in [0.2, 0.25) is 0 Å². The Labute approximate surface area is 129 Å². The second kappa shape index (κ2) is 7.81. The van der Waals surface area contributed by atoms with Gasteiger partial charge in [0, 0.05) is 26.2 Å². The van der Waals surface area contributed by atoms with Gasteiger partial charge in [-0.1, -0.05) is 0 Å². The number of ether oxygens (including phenoxy) is 1. The summed E-state index contributed by atoms with van der Waals surface area (Å²) in [7, 11) is 2.21. The van der Waals surface area contributed by atoms with Gasteiger partial charge in [-0.3, -0.25) is 0 Å². The first-order valence-corrected chi connectivity index (χ1v) is 8.24. The molecule has 118 valence electrons. The van der Waals surface area contributed by atoms with Crippen LogP contribution in [0.25, 0.3) is 0 Å². The minimum Gasteiger partial charge on any atom is -0.494 e. The van der Waals surface area contributed by atoms with Crippen molar-refractivity contribution in [2.24, 2.45) is 0 Å². The van der Waals surface area contributed by atoms with E-state index in [0.29, 0.717) is 0 Å². The zero-order chi connectivity index (χ0) is 15.2. The van der Waals surface area contributed by atoms with Crippen LogP contribution in [-0.2, 0) is 6.42 Å². The van der Waals surface area contributed by atoms with Crippen LogP contribution < -0.4 is 4.74 Å². The lowest BCUT2D eigenvalue weighted by Crippen LogP contribution is -2.44. The van der Waals surface area contributed by atoms with E-state index in [9.17, 15) is 0 Å². The number of nitrogens with zero attached hydrogens (tertiary/aromatic N) is 2. The second-order valence-corrected chi connectivity index (χ2v) is 6.22. The van der Waals surface area contributed by atoms with E-state index in [1.807, 2.05) is 6.92 Å². The summed E-state index contributed by atoms with van der Waals surface area (Å²) in [6, 6.07) is 4.36. The molecule has 1 heterocycles. The fraction of sp³-hybridized carbons (Fsp3) is 0.667. The fourth-order valence-electron chi connectivity index (χ4n) is 3.15. The largest absolute Gasteiger partial charge is 0.494 e. The van der Waals surface area contributed by atoms with E-state index in [1.165, 1.54) is 62.3 Å². The molecule has 1 aliphatic rings. The molecule has 3 nitrogen and oxygen atoms in total. The van der Waals surface area contributed by atoms with Gasteiger partial charge in [0.05, 0.1) is 6.61 Å². The molecule has 1 saturated heterocycles. The quantitative estimate of drug-likeness (QED) is 0.801. The third kappa shape index (κ3) is 4.72. The summed E-state index contributed by atoms with van der Waals surface area (Å²) >= 11 is 0. The first-order valence-electron chi connectivity index (χ1n) is 8.24. The molecule has 0 N–H and O–H groups in total. The first-order chi connectivity index (χ1) is 10.1. The van der Waals surface area contributed by atoms with Crippen LogP contribution in [0, 0.1) is 13.8 Å².